The van der Waals surface area contributed by atoms with Crippen LogP contribution < -0.4 is 10.6 Å². The predicted octanol–water partition coefficient (Wildman–Crippen LogP) is 1.73. The summed E-state index contributed by atoms with van der Waals surface area (Å²) < 4.78 is 0. The summed E-state index contributed by atoms with van der Waals surface area (Å²) in [5.41, 5.74) is 1.44. The Balaban J connectivity index is 1.94. The van der Waals surface area contributed by atoms with Crippen molar-refractivity contribution in [1.29, 1.82) is 0 Å². The normalized spacial score (nSPS) is 19.6. The fourth-order valence-corrected chi connectivity index (χ4v) is 2.48. The molecule has 1 amide bonds. The number of likely N-dealkylation sites (tertiary alicyclic amines) is 1. The lowest BCUT2D eigenvalue weighted by molar-refractivity contribution is 0.0907. The SMILES string of the molecule is CCCNc1ccnc(C(=O)NC2CCCN(C)C2)c1. The van der Waals surface area contributed by atoms with Crippen LogP contribution in [-0.4, -0.2) is 48.5 Å². The number of hydrogen-bond acceptors (Lipinski definition) is 4. The van der Waals surface area contributed by atoms with Gasteiger partial charge in [-0.05, 0) is 45.0 Å². The third-order valence-corrected chi connectivity index (χ3v) is 3.53. The van der Waals surface area contributed by atoms with Crippen molar-refractivity contribution >= 4 is 11.6 Å². The van der Waals surface area contributed by atoms with Gasteiger partial charge >= 0.3 is 0 Å². The zero-order valence-corrected chi connectivity index (χ0v) is 12.4. The fourth-order valence-electron chi connectivity index (χ4n) is 2.48. The molecular weight excluding hydrogens is 252 g/mol. The monoisotopic (exact) mass is 276 g/mol. The molecule has 0 radical (unpaired) electrons. The first-order valence-electron chi connectivity index (χ1n) is 7.38. The Kier molecular flexibility index (Phi) is 5.35. The summed E-state index contributed by atoms with van der Waals surface area (Å²) in [4.78, 5) is 18.6. The topological polar surface area (TPSA) is 57.3 Å². The number of carbonyl (C=O) groups is 1. The molecular formula is C15H24N4O. The largest absolute Gasteiger partial charge is 0.385 e. The Morgan fingerprint density at radius 1 is 1.55 bits per heavy atom. The second-order valence-corrected chi connectivity index (χ2v) is 5.43. The minimum absolute atomic E-state index is 0.0783. The Bertz CT molecular complexity index is 449. The molecule has 0 aliphatic carbocycles. The van der Waals surface area contributed by atoms with Crippen LogP contribution in [0.3, 0.4) is 0 Å². The number of anilines is 1. The molecule has 1 aliphatic rings. The minimum atomic E-state index is -0.0783. The first-order valence-corrected chi connectivity index (χ1v) is 7.38. The summed E-state index contributed by atoms with van der Waals surface area (Å²) in [7, 11) is 2.09. The highest BCUT2D eigenvalue weighted by molar-refractivity contribution is 5.93. The van der Waals surface area contributed by atoms with Crippen LogP contribution in [0.4, 0.5) is 5.69 Å². The van der Waals surface area contributed by atoms with E-state index in [-0.39, 0.29) is 11.9 Å². The molecule has 2 N–H and O–H groups in total. The second kappa shape index (κ2) is 7.24. The standard InChI is InChI=1S/C15H24N4O/c1-3-7-16-12-6-8-17-14(10-12)15(20)18-13-5-4-9-19(2)11-13/h6,8,10,13H,3-5,7,9,11H2,1-2H3,(H,16,17)(H,18,20). The van der Waals surface area contributed by atoms with Crippen molar-refractivity contribution in [2.24, 2.45) is 0 Å². The van der Waals surface area contributed by atoms with E-state index in [1.165, 1.54) is 0 Å². The molecule has 20 heavy (non-hydrogen) atoms. The molecule has 0 saturated carbocycles. The van der Waals surface area contributed by atoms with Crippen LogP contribution in [0.2, 0.25) is 0 Å². The molecule has 1 aliphatic heterocycles. The molecule has 1 atom stereocenters. The molecule has 1 aromatic rings. The lowest BCUT2D eigenvalue weighted by atomic mass is 10.1. The highest BCUT2D eigenvalue weighted by atomic mass is 16.1. The average molecular weight is 276 g/mol. The van der Waals surface area contributed by atoms with Gasteiger partial charge in [-0.1, -0.05) is 6.92 Å². The molecule has 5 heteroatoms. The van der Waals surface area contributed by atoms with Gasteiger partial charge in [0, 0.05) is 31.0 Å². The first kappa shape index (κ1) is 14.8. The van der Waals surface area contributed by atoms with E-state index in [2.05, 4.69) is 34.5 Å². The van der Waals surface area contributed by atoms with Crippen LogP contribution in [-0.2, 0) is 0 Å². The van der Waals surface area contributed by atoms with Crippen molar-refractivity contribution in [3.8, 4) is 0 Å². The number of rotatable bonds is 5. The number of piperidine rings is 1. The van der Waals surface area contributed by atoms with E-state index < -0.39 is 0 Å². The zero-order chi connectivity index (χ0) is 14.4. The van der Waals surface area contributed by atoms with Crippen LogP contribution in [0.25, 0.3) is 0 Å². The van der Waals surface area contributed by atoms with Gasteiger partial charge in [0.05, 0.1) is 0 Å². The number of aromatic nitrogens is 1. The fraction of sp³-hybridized carbons (Fsp3) is 0.600. The maximum absolute atomic E-state index is 12.2. The van der Waals surface area contributed by atoms with Gasteiger partial charge < -0.3 is 15.5 Å². The minimum Gasteiger partial charge on any atom is -0.385 e. The van der Waals surface area contributed by atoms with Gasteiger partial charge in [0.2, 0.25) is 0 Å². The van der Waals surface area contributed by atoms with E-state index in [0.717, 1.165) is 44.6 Å². The summed E-state index contributed by atoms with van der Waals surface area (Å²) >= 11 is 0. The smallest absolute Gasteiger partial charge is 0.270 e. The highest BCUT2D eigenvalue weighted by Gasteiger charge is 2.20. The third kappa shape index (κ3) is 4.20. The number of nitrogens with zero attached hydrogens (tertiary/aromatic N) is 2. The van der Waals surface area contributed by atoms with Gasteiger partial charge in [-0.15, -0.1) is 0 Å². The summed E-state index contributed by atoms with van der Waals surface area (Å²) in [5.74, 6) is -0.0783. The van der Waals surface area contributed by atoms with Gasteiger partial charge in [-0.3, -0.25) is 9.78 Å². The lowest BCUT2D eigenvalue weighted by Crippen LogP contribution is -2.46. The van der Waals surface area contributed by atoms with Gasteiger partial charge in [-0.2, -0.15) is 0 Å². The number of pyridine rings is 1. The van der Waals surface area contributed by atoms with Crippen LogP contribution in [0.15, 0.2) is 18.3 Å². The number of amides is 1. The Hall–Kier alpha value is -1.62. The predicted molar refractivity (Wildman–Crippen MR) is 81.0 cm³/mol. The molecule has 5 nitrogen and oxygen atoms in total. The highest BCUT2D eigenvalue weighted by Crippen LogP contribution is 2.11. The molecule has 1 saturated heterocycles. The molecule has 1 unspecified atom stereocenters. The van der Waals surface area contributed by atoms with Gasteiger partial charge in [0.15, 0.2) is 0 Å². The van der Waals surface area contributed by atoms with Crippen LogP contribution in [0.5, 0.6) is 0 Å². The van der Waals surface area contributed by atoms with E-state index in [1.807, 2.05) is 12.1 Å². The maximum Gasteiger partial charge on any atom is 0.270 e. The van der Waals surface area contributed by atoms with Crippen LogP contribution >= 0.6 is 0 Å². The molecule has 0 aromatic carbocycles. The van der Waals surface area contributed by atoms with Gasteiger partial charge in [0.25, 0.3) is 5.91 Å². The van der Waals surface area contributed by atoms with Crippen molar-refractivity contribution < 1.29 is 4.79 Å². The summed E-state index contributed by atoms with van der Waals surface area (Å²) in [6.45, 7) is 5.04. The molecule has 2 rings (SSSR count). The van der Waals surface area contributed by atoms with Crippen LogP contribution in [0, 0.1) is 0 Å². The zero-order valence-electron chi connectivity index (χ0n) is 12.4. The van der Waals surface area contributed by atoms with E-state index in [0.29, 0.717) is 5.69 Å². The number of carbonyl (C=O) groups excluding carboxylic acids is 1. The van der Waals surface area contributed by atoms with Gasteiger partial charge in [0.1, 0.15) is 5.69 Å². The van der Waals surface area contributed by atoms with Crippen molar-refractivity contribution in [3.63, 3.8) is 0 Å². The molecule has 1 fully saturated rings. The van der Waals surface area contributed by atoms with Gasteiger partial charge in [-0.25, -0.2) is 0 Å². The Morgan fingerprint density at radius 3 is 3.15 bits per heavy atom. The summed E-state index contributed by atoms with van der Waals surface area (Å²) in [5, 5.41) is 6.35. The van der Waals surface area contributed by atoms with E-state index in [4.69, 9.17) is 0 Å². The number of likely N-dealkylation sites (N-methyl/N-ethyl adjacent to an activating group) is 1. The van der Waals surface area contributed by atoms with Crippen molar-refractivity contribution in [3.05, 3.63) is 24.0 Å². The maximum atomic E-state index is 12.2. The van der Waals surface area contributed by atoms with E-state index in [9.17, 15) is 4.79 Å². The van der Waals surface area contributed by atoms with Crippen molar-refractivity contribution in [1.82, 2.24) is 15.2 Å². The number of hydrogen-bond donors (Lipinski definition) is 2. The summed E-state index contributed by atoms with van der Waals surface area (Å²) in [6, 6.07) is 3.94. The molecule has 0 spiro atoms. The third-order valence-electron chi connectivity index (χ3n) is 3.53. The second-order valence-electron chi connectivity index (χ2n) is 5.43. The number of nitrogens with one attached hydrogen (secondary N) is 2. The summed E-state index contributed by atoms with van der Waals surface area (Å²) in [6.07, 6.45) is 4.91. The van der Waals surface area contributed by atoms with E-state index in [1.54, 1.807) is 6.20 Å². The Labute approximate surface area is 120 Å². The molecule has 110 valence electrons. The molecule has 0 bridgehead atoms. The van der Waals surface area contributed by atoms with E-state index >= 15 is 0 Å². The quantitative estimate of drug-likeness (QED) is 0.860. The Morgan fingerprint density at radius 2 is 2.40 bits per heavy atom. The van der Waals surface area contributed by atoms with Crippen molar-refractivity contribution in [2.75, 3.05) is 32.0 Å². The molecule has 1 aromatic heterocycles. The van der Waals surface area contributed by atoms with Crippen LogP contribution in [0.1, 0.15) is 36.7 Å². The first-order chi connectivity index (χ1) is 9.69. The average Bonchev–Trinajstić information content (AvgIpc) is 2.45. The van der Waals surface area contributed by atoms with Crippen molar-refractivity contribution in [2.45, 2.75) is 32.2 Å². The molecule has 2 heterocycles. The lowest BCUT2D eigenvalue weighted by Gasteiger charge is -2.30.